The van der Waals surface area contributed by atoms with E-state index in [9.17, 15) is 18.0 Å². The van der Waals surface area contributed by atoms with Crippen molar-refractivity contribution in [2.24, 2.45) is 5.73 Å². The Morgan fingerprint density at radius 1 is 1.42 bits per heavy atom. The van der Waals surface area contributed by atoms with Gasteiger partial charge in [0.2, 0.25) is 0 Å². The molecule has 0 aliphatic carbocycles. The van der Waals surface area contributed by atoms with Crippen LogP contribution in [-0.4, -0.2) is 31.3 Å². The van der Waals surface area contributed by atoms with Crippen LogP contribution in [0.25, 0.3) is 0 Å². The van der Waals surface area contributed by atoms with E-state index in [1.54, 1.807) is 12.1 Å². The first-order valence-electron chi connectivity index (χ1n) is 5.82. The fourth-order valence-corrected chi connectivity index (χ4v) is 2.09. The van der Waals surface area contributed by atoms with Gasteiger partial charge in [-0.15, -0.1) is 0 Å². The second-order valence-corrected chi connectivity index (χ2v) is 4.48. The van der Waals surface area contributed by atoms with Crippen molar-refractivity contribution >= 4 is 11.7 Å². The van der Waals surface area contributed by atoms with Crippen LogP contribution < -0.4 is 16.0 Å². The van der Waals surface area contributed by atoms with E-state index in [0.717, 1.165) is 5.56 Å². The lowest BCUT2D eigenvalue weighted by Gasteiger charge is -2.33. The van der Waals surface area contributed by atoms with Gasteiger partial charge in [0, 0.05) is 18.3 Å². The number of halogens is 3. The molecule has 1 unspecified atom stereocenters. The number of carbonyl (C=O) groups excluding carboxylic acids is 1. The highest BCUT2D eigenvalue weighted by molar-refractivity contribution is 5.93. The monoisotopic (exact) mass is 273 g/mol. The second kappa shape index (κ2) is 5.08. The Morgan fingerprint density at radius 2 is 2.11 bits per heavy atom. The van der Waals surface area contributed by atoms with Gasteiger partial charge in [0.15, 0.2) is 0 Å². The first-order chi connectivity index (χ1) is 8.87. The maximum Gasteiger partial charge on any atom is 0.405 e. The lowest BCUT2D eigenvalue weighted by Crippen LogP contribution is -2.51. The van der Waals surface area contributed by atoms with Crippen molar-refractivity contribution in [1.29, 1.82) is 0 Å². The van der Waals surface area contributed by atoms with Gasteiger partial charge in [0.1, 0.15) is 6.54 Å². The predicted molar refractivity (Wildman–Crippen MR) is 64.9 cm³/mol. The van der Waals surface area contributed by atoms with Crippen molar-refractivity contribution < 1.29 is 18.0 Å². The maximum absolute atomic E-state index is 12.1. The summed E-state index contributed by atoms with van der Waals surface area (Å²) in [6.07, 6.45) is -3.81. The van der Waals surface area contributed by atoms with Crippen molar-refractivity contribution in [2.45, 2.75) is 18.6 Å². The molecule has 1 aliphatic rings. The van der Waals surface area contributed by atoms with Gasteiger partial charge in [0.05, 0.1) is 0 Å². The van der Waals surface area contributed by atoms with Crippen molar-refractivity contribution in [3.8, 4) is 0 Å². The molecule has 1 aromatic carbocycles. The fraction of sp³-hybridized carbons (Fsp3) is 0.417. The number of benzene rings is 1. The number of fused-ring (bicyclic) bond motifs is 1. The third kappa shape index (κ3) is 3.37. The second-order valence-electron chi connectivity index (χ2n) is 4.48. The summed E-state index contributed by atoms with van der Waals surface area (Å²) in [6, 6.07) is 6.02. The SMILES string of the molecule is NC1Cc2ccccc2N(C(=O)NCC(F)(F)F)C1. The van der Waals surface area contributed by atoms with Crippen molar-refractivity contribution in [1.82, 2.24) is 5.32 Å². The van der Waals surface area contributed by atoms with Gasteiger partial charge in [-0.1, -0.05) is 18.2 Å². The lowest BCUT2D eigenvalue weighted by molar-refractivity contribution is -0.122. The van der Waals surface area contributed by atoms with Crippen molar-refractivity contribution in [3.05, 3.63) is 29.8 Å². The third-order valence-corrected chi connectivity index (χ3v) is 2.87. The summed E-state index contributed by atoms with van der Waals surface area (Å²) < 4.78 is 36.3. The number of para-hydroxylation sites is 1. The molecule has 0 spiro atoms. The van der Waals surface area contributed by atoms with Gasteiger partial charge < -0.3 is 11.1 Å². The zero-order chi connectivity index (χ0) is 14.0. The molecule has 0 saturated carbocycles. The fourth-order valence-electron chi connectivity index (χ4n) is 2.09. The molecule has 7 heteroatoms. The number of hydrogen-bond acceptors (Lipinski definition) is 2. The Labute approximate surface area is 108 Å². The van der Waals surface area contributed by atoms with Gasteiger partial charge in [-0.25, -0.2) is 4.79 Å². The molecule has 4 nitrogen and oxygen atoms in total. The molecule has 2 amide bonds. The zero-order valence-electron chi connectivity index (χ0n) is 10.1. The van der Waals surface area contributed by atoms with E-state index in [0.29, 0.717) is 12.1 Å². The van der Waals surface area contributed by atoms with Gasteiger partial charge in [-0.3, -0.25) is 4.90 Å². The lowest BCUT2D eigenvalue weighted by atomic mass is 9.99. The molecule has 0 saturated heterocycles. The quantitative estimate of drug-likeness (QED) is 0.817. The van der Waals surface area contributed by atoms with E-state index in [1.807, 2.05) is 17.4 Å². The number of urea groups is 1. The van der Waals surface area contributed by atoms with Crippen molar-refractivity contribution in [2.75, 3.05) is 18.0 Å². The summed E-state index contributed by atoms with van der Waals surface area (Å²) >= 11 is 0. The minimum absolute atomic E-state index is 0.209. The average Bonchev–Trinajstić information content (AvgIpc) is 2.34. The molecule has 1 aromatic rings. The normalized spacial score (nSPS) is 18.9. The molecule has 2 rings (SSSR count). The van der Waals surface area contributed by atoms with Crippen LogP contribution in [0.3, 0.4) is 0 Å². The summed E-state index contributed by atoms with van der Waals surface area (Å²) in [5.41, 5.74) is 7.29. The highest BCUT2D eigenvalue weighted by Gasteiger charge is 2.31. The molecule has 0 radical (unpaired) electrons. The number of anilines is 1. The highest BCUT2D eigenvalue weighted by Crippen LogP contribution is 2.26. The third-order valence-electron chi connectivity index (χ3n) is 2.87. The number of rotatable bonds is 1. The van der Waals surface area contributed by atoms with E-state index in [-0.39, 0.29) is 12.6 Å². The maximum atomic E-state index is 12.1. The molecule has 1 aliphatic heterocycles. The zero-order valence-corrected chi connectivity index (χ0v) is 10.1. The molecule has 0 aromatic heterocycles. The number of nitrogens with one attached hydrogen (secondary N) is 1. The Kier molecular flexibility index (Phi) is 3.66. The number of alkyl halides is 3. The first-order valence-corrected chi connectivity index (χ1v) is 5.82. The summed E-state index contributed by atoms with van der Waals surface area (Å²) in [7, 11) is 0. The molecule has 0 bridgehead atoms. The predicted octanol–water partition coefficient (Wildman–Crippen LogP) is 1.65. The number of carbonyl (C=O) groups is 1. The number of nitrogens with zero attached hydrogens (tertiary/aromatic N) is 1. The summed E-state index contributed by atoms with van der Waals surface area (Å²) in [4.78, 5) is 13.1. The number of amides is 2. The van der Waals surface area contributed by atoms with Gasteiger partial charge >= 0.3 is 12.2 Å². The smallest absolute Gasteiger partial charge is 0.329 e. The average molecular weight is 273 g/mol. The molecular formula is C12H14F3N3O. The van der Waals surface area contributed by atoms with Gasteiger partial charge in [0.25, 0.3) is 0 Å². The van der Waals surface area contributed by atoms with E-state index < -0.39 is 18.8 Å². The van der Waals surface area contributed by atoms with Crippen LogP contribution in [0.2, 0.25) is 0 Å². The Morgan fingerprint density at radius 3 is 2.79 bits per heavy atom. The summed E-state index contributed by atoms with van der Waals surface area (Å²) in [5, 5.41) is 1.86. The van der Waals surface area contributed by atoms with Crippen molar-refractivity contribution in [3.63, 3.8) is 0 Å². The first kappa shape index (κ1) is 13.7. The van der Waals surface area contributed by atoms with Gasteiger partial charge in [-0.2, -0.15) is 13.2 Å². The van der Waals surface area contributed by atoms with E-state index in [2.05, 4.69) is 0 Å². The Balaban J connectivity index is 2.14. The molecule has 1 atom stereocenters. The van der Waals surface area contributed by atoms with Crippen LogP contribution in [0.1, 0.15) is 5.56 Å². The molecule has 104 valence electrons. The highest BCUT2D eigenvalue weighted by atomic mass is 19.4. The summed E-state index contributed by atoms with van der Waals surface area (Å²) in [5.74, 6) is 0. The molecule has 1 heterocycles. The van der Waals surface area contributed by atoms with Crippen LogP contribution in [-0.2, 0) is 6.42 Å². The van der Waals surface area contributed by atoms with E-state index in [4.69, 9.17) is 5.73 Å². The Bertz CT molecular complexity index is 476. The van der Waals surface area contributed by atoms with Crippen LogP contribution in [0, 0.1) is 0 Å². The van der Waals surface area contributed by atoms with E-state index in [1.165, 1.54) is 4.90 Å². The molecule has 3 N–H and O–H groups in total. The molecule has 19 heavy (non-hydrogen) atoms. The minimum atomic E-state index is -4.42. The minimum Gasteiger partial charge on any atom is -0.329 e. The van der Waals surface area contributed by atoms with E-state index >= 15 is 0 Å². The largest absolute Gasteiger partial charge is 0.405 e. The van der Waals surface area contributed by atoms with Crippen LogP contribution >= 0.6 is 0 Å². The molecule has 0 fully saturated rings. The molecular weight excluding hydrogens is 259 g/mol. The number of nitrogens with two attached hydrogens (primary N) is 1. The van der Waals surface area contributed by atoms with Crippen LogP contribution in [0.4, 0.5) is 23.7 Å². The van der Waals surface area contributed by atoms with Crippen LogP contribution in [0.5, 0.6) is 0 Å². The summed E-state index contributed by atoms with van der Waals surface area (Å²) in [6.45, 7) is -1.14. The van der Waals surface area contributed by atoms with Crippen LogP contribution in [0.15, 0.2) is 24.3 Å². The van der Waals surface area contributed by atoms with Gasteiger partial charge in [-0.05, 0) is 18.1 Å². The standard InChI is InChI=1S/C12H14F3N3O/c13-12(14,15)7-17-11(19)18-6-9(16)5-8-3-1-2-4-10(8)18/h1-4,9H,5-7,16H2,(H,17,19). The number of hydrogen-bond donors (Lipinski definition) is 2. The topological polar surface area (TPSA) is 58.4 Å². The Hall–Kier alpha value is -1.76.